The number of thiophene rings is 2. The van der Waals surface area contributed by atoms with Crippen LogP contribution in [-0.4, -0.2) is 0 Å². The lowest BCUT2D eigenvalue weighted by molar-refractivity contribution is 1.08. The summed E-state index contributed by atoms with van der Waals surface area (Å²) in [6.45, 7) is 2.22. The summed E-state index contributed by atoms with van der Waals surface area (Å²) in [5, 5.41) is 5.64. The Bertz CT molecular complexity index is 742. The molecule has 0 aliphatic heterocycles. The Morgan fingerprint density at radius 1 is 1.05 bits per heavy atom. The van der Waals surface area contributed by atoms with E-state index in [0.29, 0.717) is 10.0 Å². The lowest BCUT2D eigenvalue weighted by atomic mass is 10.0. The normalized spacial score (nSPS) is 11.0. The highest BCUT2D eigenvalue weighted by molar-refractivity contribution is 7.20. The lowest BCUT2D eigenvalue weighted by Crippen LogP contribution is -1.92. The van der Waals surface area contributed by atoms with Gasteiger partial charge in [0.1, 0.15) is 0 Å². The fraction of sp³-hybridized carbons (Fsp3) is 0.176. The Morgan fingerprint density at radius 3 is 2.57 bits per heavy atom. The number of hydrogen-bond donors (Lipinski definition) is 0. The predicted molar refractivity (Wildman–Crippen MR) is 96.3 cm³/mol. The molecule has 3 rings (SSSR count). The van der Waals surface area contributed by atoms with E-state index in [-0.39, 0.29) is 0 Å². The van der Waals surface area contributed by atoms with E-state index in [9.17, 15) is 0 Å². The zero-order chi connectivity index (χ0) is 14.8. The second-order valence-corrected chi connectivity index (χ2v) is 7.47. The molecule has 0 spiro atoms. The summed E-state index contributed by atoms with van der Waals surface area (Å²) < 4.78 is 0. The number of benzene rings is 1. The monoisotopic (exact) mass is 352 g/mol. The van der Waals surface area contributed by atoms with E-state index in [2.05, 4.69) is 35.9 Å². The van der Waals surface area contributed by atoms with Crippen molar-refractivity contribution in [3.05, 3.63) is 67.8 Å². The highest BCUT2D eigenvalue weighted by Gasteiger charge is 2.13. The third-order valence-corrected chi connectivity index (χ3v) is 6.32. The Kier molecular flexibility index (Phi) is 4.70. The first kappa shape index (κ1) is 15.1. The average Bonchev–Trinajstić information content (AvgIpc) is 3.11. The number of halogens is 2. The molecule has 0 saturated carbocycles. The highest BCUT2D eigenvalue weighted by Crippen LogP contribution is 2.37. The van der Waals surface area contributed by atoms with Crippen molar-refractivity contribution in [2.24, 2.45) is 0 Å². The van der Waals surface area contributed by atoms with Gasteiger partial charge in [0.15, 0.2) is 0 Å². The Balaban J connectivity index is 1.94. The van der Waals surface area contributed by atoms with Crippen LogP contribution < -0.4 is 0 Å². The van der Waals surface area contributed by atoms with Crippen molar-refractivity contribution in [2.75, 3.05) is 0 Å². The van der Waals surface area contributed by atoms with E-state index in [1.54, 1.807) is 11.3 Å². The number of hydrogen-bond acceptors (Lipinski definition) is 2. The van der Waals surface area contributed by atoms with Crippen LogP contribution in [-0.2, 0) is 12.8 Å². The molecule has 2 heterocycles. The summed E-state index contributed by atoms with van der Waals surface area (Å²) >= 11 is 15.7. The van der Waals surface area contributed by atoms with Crippen molar-refractivity contribution in [3.63, 3.8) is 0 Å². The summed E-state index contributed by atoms with van der Waals surface area (Å²) in [5.74, 6) is 0. The highest BCUT2D eigenvalue weighted by atomic mass is 35.5. The quantitative estimate of drug-likeness (QED) is 0.477. The largest absolute Gasteiger partial charge is 0.143 e. The first-order valence-corrected chi connectivity index (χ1v) is 9.27. The van der Waals surface area contributed by atoms with E-state index < -0.39 is 0 Å². The maximum Gasteiger partial charge on any atom is 0.0595 e. The van der Waals surface area contributed by atoms with Crippen molar-refractivity contribution in [1.82, 2.24) is 0 Å². The molecular formula is C17H14Cl2S2. The standard InChI is InChI=1S/C17H14Cl2S2/c1-2-13-12(8-11-5-6-14(18)15(19)9-11)10-21-17(13)16-4-3-7-20-16/h3-7,9-10H,2,8H2,1H3. The number of rotatable bonds is 4. The van der Waals surface area contributed by atoms with Crippen LogP contribution in [0.1, 0.15) is 23.6 Å². The van der Waals surface area contributed by atoms with Crippen LogP contribution >= 0.6 is 45.9 Å². The summed E-state index contributed by atoms with van der Waals surface area (Å²) in [6.07, 6.45) is 1.95. The molecular weight excluding hydrogens is 339 g/mol. The molecule has 21 heavy (non-hydrogen) atoms. The van der Waals surface area contributed by atoms with E-state index in [1.807, 2.05) is 23.5 Å². The third-order valence-electron chi connectivity index (χ3n) is 3.46. The average molecular weight is 353 g/mol. The summed E-state index contributed by atoms with van der Waals surface area (Å²) in [6, 6.07) is 10.2. The summed E-state index contributed by atoms with van der Waals surface area (Å²) in [7, 11) is 0. The first-order chi connectivity index (χ1) is 10.2. The maximum atomic E-state index is 6.11. The van der Waals surface area contributed by atoms with Crippen molar-refractivity contribution >= 4 is 45.9 Å². The molecule has 0 radical (unpaired) electrons. The van der Waals surface area contributed by atoms with Gasteiger partial charge in [-0.2, -0.15) is 0 Å². The molecule has 0 aliphatic rings. The molecule has 0 N–H and O–H groups in total. The third kappa shape index (κ3) is 3.19. The fourth-order valence-corrected chi connectivity index (χ4v) is 4.83. The second kappa shape index (κ2) is 6.53. The Labute approximate surface area is 143 Å². The molecule has 0 bridgehead atoms. The second-order valence-electron chi connectivity index (χ2n) is 4.82. The molecule has 0 atom stereocenters. The molecule has 0 aliphatic carbocycles. The van der Waals surface area contributed by atoms with Crippen LogP contribution in [0.25, 0.3) is 9.75 Å². The van der Waals surface area contributed by atoms with Crippen molar-refractivity contribution in [1.29, 1.82) is 0 Å². The molecule has 108 valence electrons. The van der Waals surface area contributed by atoms with Crippen LogP contribution in [0, 0.1) is 0 Å². The predicted octanol–water partition coefficient (Wildman–Crippen LogP) is 6.94. The van der Waals surface area contributed by atoms with Crippen LogP contribution in [0.4, 0.5) is 0 Å². The first-order valence-electron chi connectivity index (χ1n) is 6.76. The molecule has 3 aromatic rings. The van der Waals surface area contributed by atoms with Gasteiger partial charge in [0, 0.05) is 9.75 Å². The van der Waals surface area contributed by atoms with Gasteiger partial charge in [-0.25, -0.2) is 0 Å². The van der Waals surface area contributed by atoms with Gasteiger partial charge in [0.2, 0.25) is 0 Å². The topological polar surface area (TPSA) is 0 Å². The zero-order valence-electron chi connectivity index (χ0n) is 11.5. The maximum absolute atomic E-state index is 6.11. The van der Waals surface area contributed by atoms with Gasteiger partial charge in [-0.1, -0.05) is 42.3 Å². The van der Waals surface area contributed by atoms with Crippen LogP contribution in [0.2, 0.25) is 10.0 Å². The van der Waals surface area contributed by atoms with E-state index >= 15 is 0 Å². The van der Waals surface area contributed by atoms with Gasteiger partial charge in [0.05, 0.1) is 10.0 Å². The van der Waals surface area contributed by atoms with Gasteiger partial charge >= 0.3 is 0 Å². The van der Waals surface area contributed by atoms with E-state index in [0.717, 1.165) is 12.8 Å². The molecule has 1 aromatic carbocycles. The van der Waals surface area contributed by atoms with Gasteiger partial charge in [-0.05, 0) is 58.5 Å². The minimum atomic E-state index is 0.612. The minimum absolute atomic E-state index is 0.612. The van der Waals surface area contributed by atoms with Gasteiger partial charge in [0.25, 0.3) is 0 Å². The van der Waals surface area contributed by atoms with Crippen molar-refractivity contribution in [2.45, 2.75) is 19.8 Å². The lowest BCUT2D eigenvalue weighted by Gasteiger charge is -2.06. The van der Waals surface area contributed by atoms with Gasteiger partial charge < -0.3 is 0 Å². The van der Waals surface area contributed by atoms with Crippen molar-refractivity contribution < 1.29 is 0 Å². The van der Waals surface area contributed by atoms with Crippen LogP contribution in [0.3, 0.4) is 0 Å². The minimum Gasteiger partial charge on any atom is -0.143 e. The van der Waals surface area contributed by atoms with Gasteiger partial charge in [-0.3, -0.25) is 0 Å². The zero-order valence-corrected chi connectivity index (χ0v) is 14.7. The van der Waals surface area contributed by atoms with Crippen LogP contribution in [0.15, 0.2) is 41.1 Å². The summed E-state index contributed by atoms with van der Waals surface area (Å²) in [5.41, 5.74) is 4.05. The Hall–Kier alpha value is -0.800. The molecule has 0 unspecified atom stereocenters. The van der Waals surface area contributed by atoms with Crippen molar-refractivity contribution in [3.8, 4) is 9.75 Å². The SMILES string of the molecule is CCc1c(Cc2ccc(Cl)c(Cl)c2)csc1-c1cccs1. The van der Waals surface area contributed by atoms with E-state index in [1.165, 1.54) is 26.4 Å². The molecule has 0 nitrogen and oxygen atoms in total. The summed E-state index contributed by atoms with van der Waals surface area (Å²) in [4.78, 5) is 2.76. The molecule has 0 fully saturated rings. The fourth-order valence-electron chi connectivity index (χ4n) is 2.44. The van der Waals surface area contributed by atoms with E-state index in [4.69, 9.17) is 23.2 Å². The molecule has 2 aromatic heterocycles. The molecule has 0 saturated heterocycles. The molecule has 4 heteroatoms. The smallest absolute Gasteiger partial charge is 0.0595 e. The molecule has 0 amide bonds. The van der Waals surface area contributed by atoms with Gasteiger partial charge in [-0.15, -0.1) is 22.7 Å². The van der Waals surface area contributed by atoms with Crippen LogP contribution in [0.5, 0.6) is 0 Å². The Morgan fingerprint density at radius 2 is 1.90 bits per heavy atom.